The van der Waals surface area contributed by atoms with Gasteiger partial charge in [0.05, 0.1) is 6.10 Å². The fourth-order valence-electron chi connectivity index (χ4n) is 1.12. The molecule has 14 heavy (non-hydrogen) atoms. The van der Waals surface area contributed by atoms with E-state index < -0.39 is 17.5 Å². The summed E-state index contributed by atoms with van der Waals surface area (Å²) < 4.78 is 14.0. The molecule has 0 radical (unpaired) electrons. The maximum absolute atomic E-state index is 13.4. The van der Waals surface area contributed by atoms with Crippen molar-refractivity contribution >= 4 is 15.9 Å². The van der Waals surface area contributed by atoms with Gasteiger partial charge in [0, 0.05) is 15.6 Å². The van der Waals surface area contributed by atoms with Crippen molar-refractivity contribution in [3.63, 3.8) is 0 Å². The molecule has 1 atom stereocenters. The van der Waals surface area contributed by atoms with Crippen LogP contribution in [0.5, 0.6) is 0 Å². The van der Waals surface area contributed by atoms with E-state index >= 15 is 0 Å². The van der Waals surface area contributed by atoms with Crippen LogP contribution in [0.4, 0.5) is 4.39 Å². The zero-order valence-electron chi connectivity index (χ0n) is 8.09. The van der Waals surface area contributed by atoms with Gasteiger partial charge in [0.15, 0.2) is 0 Å². The molecule has 0 amide bonds. The minimum Gasteiger partial charge on any atom is -0.386 e. The van der Waals surface area contributed by atoms with Gasteiger partial charge in [0.2, 0.25) is 0 Å². The van der Waals surface area contributed by atoms with Crippen LogP contribution >= 0.6 is 15.9 Å². The Morgan fingerprint density at radius 1 is 1.50 bits per heavy atom. The Balaban J connectivity index is 3.08. The first-order valence-corrected chi connectivity index (χ1v) is 5.03. The highest BCUT2D eigenvalue weighted by atomic mass is 79.9. The van der Waals surface area contributed by atoms with Crippen LogP contribution in [0.25, 0.3) is 0 Å². The summed E-state index contributed by atoms with van der Waals surface area (Å²) >= 11 is 3.14. The largest absolute Gasteiger partial charge is 0.386 e. The van der Waals surface area contributed by atoms with Gasteiger partial charge in [-0.15, -0.1) is 0 Å². The second-order valence-electron chi connectivity index (χ2n) is 3.89. The third kappa shape index (κ3) is 2.53. The first-order valence-electron chi connectivity index (χ1n) is 4.24. The van der Waals surface area contributed by atoms with Crippen molar-refractivity contribution in [1.29, 1.82) is 0 Å². The summed E-state index contributed by atoms with van der Waals surface area (Å²) in [5, 5.41) is 9.75. The second kappa shape index (κ2) is 3.96. The van der Waals surface area contributed by atoms with E-state index in [1.807, 2.05) is 0 Å². The fourth-order valence-corrected chi connectivity index (χ4v) is 1.46. The maximum atomic E-state index is 13.4. The Bertz CT molecular complexity index is 335. The minimum absolute atomic E-state index is 0.223. The molecule has 1 aromatic carbocycles. The summed E-state index contributed by atoms with van der Waals surface area (Å²) in [5.74, 6) is -0.453. The predicted molar refractivity (Wildman–Crippen MR) is 57.3 cm³/mol. The molecule has 3 N–H and O–H groups in total. The van der Waals surface area contributed by atoms with Crippen molar-refractivity contribution < 1.29 is 9.50 Å². The number of nitrogens with two attached hydrogens (primary N) is 1. The van der Waals surface area contributed by atoms with Gasteiger partial charge in [-0.3, -0.25) is 0 Å². The maximum Gasteiger partial charge on any atom is 0.130 e. The van der Waals surface area contributed by atoms with E-state index in [0.29, 0.717) is 4.47 Å². The molecule has 0 aliphatic heterocycles. The molecule has 0 aliphatic carbocycles. The van der Waals surface area contributed by atoms with Crippen LogP contribution in [0, 0.1) is 5.82 Å². The van der Waals surface area contributed by atoms with E-state index in [1.165, 1.54) is 12.1 Å². The van der Waals surface area contributed by atoms with Crippen LogP contribution in [-0.2, 0) is 0 Å². The van der Waals surface area contributed by atoms with Gasteiger partial charge < -0.3 is 10.8 Å². The Morgan fingerprint density at radius 3 is 2.50 bits per heavy atom. The van der Waals surface area contributed by atoms with Crippen molar-refractivity contribution in [2.75, 3.05) is 0 Å². The molecule has 1 rings (SSSR count). The zero-order valence-corrected chi connectivity index (χ0v) is 9.68. The molecule has 0 spiro atoms. The molecule has 0 heterocycles. The van der Waals surface area contributed by atoms with Gasteiger partial charge in [-0.1, -0.05) is 22.0 Å². The first kappa shape index (κ1) is 11.6. The topological polar surface area (TPSA) is 46.2 Å². The lowest BCUT2D eigenvalue weighted by atomic mass is 9.92. The highest BCUT2D eigenvalue weighted by Gasteiger charge is 2.26. The van der Waals surface area contributed by atoms with E-state index in [9.17, 15) is 9.50 Å². The third-order valence-corrected chi connectivity index (χ3v) is 2.46. The minimum atomic E-state index is -1.00. The normalized spacial score (nSPS) is 14.1. The molecule has 0 saturated heterocycles. The Hall–Kier alpha value is -0.450. The van der Waals surface area contributed by atoms with Crippen molar-refractivity contribution in [2.24, 2.45) is 5.73 Å². The number of aliphatic hydroxyl groups excluding tert-OH is 1. The first-order chi connectivity index (χ1) is 6.32. The molecule has 78 valence electrons. The van der Waals surface area contributed by atoms with Crippen molar-refractivity contribution in [3.05, 3.63) is 34.1 Å². The molecule has 2 nitrogen and oxygen atoms in total. The number of hydrogen-bond donors (Lipinski definition) is 2. The fraction of sp³-hybridized carbons (Fsp3) is 0.400. The van der Waals surface area contributed by atoms with Crippen LogP contribution in [-0.4, -0.2) is 10.6 Å². The molecule has 0 fully saturated rings. The van der Waals surface area contributed by atoms with Crippen LogP contribution in [0.2, 0.25) is 0 Å². The molecule has 1 aromatic rings. The van der Waals surface area contributed by atoms with Gasteiger partial charge in [0.1, 0.15) is 5.82 Å². The average molecular weight is 262 g/mol. The van der Waals surface area contributed by atoms with Crippen molar-refractivity contribution in [2.45, 2.75) is 25.5 Å². The summed E-state index contributed by atoms with van der Waals surface area (Å²) in [6.07, 6.45) is -1.00. The Kier molecular flexibility index (Phi) is 3.29. The highest BCUT2D eigenvalue weighted by Crippen LogP contribution is 2.27. The van der Waals surface area contributed by atoms with Crippen LogP contribution < -0.4 is 5.73 Å². The number of benzene rings is 1. The lowest BCUT2D eigenvalue weighted by Crippen LogP contribution is -2.39. The Labute approximate surface area is 91.1 Å². The highest BCUT2D eigenvalue weighted by molar-refractivity contribution is 9.10. The predicted octanol–water partition coefficient (Wildman–Crippen LogP) is 2.36. The summed E-state index contributed by atoms with van der Waals surface area (Å²) in [6.45, 7) is 3.30. The smallest absolute Gasteiger partial charge is 0.130 e. The van der Waals surface area contributed by atoms with Gasteiger partial charge in [-0.05, 0) is 26.0 Å². The van der Waals surface area contributed by atoms with Crippen molar-refractivity contribution in [3.8, 4) is 0 Å². The quantitative estimate of drug-likeness (QED) is 0.859. The van der Waals surface area contributed by atoms with Gasteiger partial charge in [-0.2, -0.15) is 0 Å². The molecule has 1 unspecified atom stereocenters. The molecule has 0 saturated carbocycles. The van der Waals surface area contributed by atoms with Crippen LogP contribution in [0.1, 0.15) is 25.5 Å². The SMILES string of the molecule is CC(C)(N)C(O)c1ccc(Br)cc1F. The van der Waals surface area contributed by atoms with Crippen molar-refractivity contribution in [1.82, 2.24) is 0 Å². The monoisotopic (exact) mass is 261 g/mol. The average Bonchev–Trinajstić information content (AvgIpc) is 2.01. The van der Waals surface area contributed by atoms with Gasteiger partial charge in [0.25, 0.3) is 0 Å². The number of halogens is 2. The second-order valence-corrected chi connectivity index (χ2v) is 4.81. The number of hydrogen-bond acceptors (Lipinski definition) is 2. The molecule has 4 heteroatoms. The van der Waals surface area contributed by atoms with E-state index in [4.69, 9.17) is 5.73 Å². The van der Waals surface area contributed by atoms with E-state index in [1.54, 1.807) is 19.9 Å². The zero-order chi connectivity index (χ0) is 10.9. The summed E-state index contributed by atoms with van der Waals surface area (Å²) in [7, 11) is 0. The number of aliphatic hydroxyl groups is 1. The third-order valence-electron chi connectivity index (χ3n) is 1.96. The van der Waals surface area contributed by atoms with Gasteiger partial charge >= 0.3 is 0 Å². The lowest BCUT2D eigenvalue weighted by Gasteiger charge is -2.26. The molecule has 0 bridgehead atoms. The van der Waals surface area contributed by atoms with E-state index in [2.05, 4.69) is 15.9 Å². The standard InChI is InChI=1S/C10H13BrFNO/c1-10(2,13)9(14)7-4-3-6(11)5-8(7)12/h3-5,9,14H,13H2,1-2H3. The molecular formula is C10H13BrFNO. The summed E-state index contributed by atoms with van der Waals surface area (Å²) in [6, 6.07) is 4.51. The molecule has 0 aromatic heterocycles. The Morgan fingerprint density at radius 2 is 2.07 bits per heavy atom. The van der Waals surface area contributed by atoms with Crippen LogP contribution in [0.3, 0.4) is 0 Å². The lowest BCUT2D eigenvalue weighted by molar-refractivity contribution is 0.101. The summed E-state index contributed by atoms with van der Waals surface area (Å²) in [4.78, 5) is 0. The summed E-state index contributed by atoms with van der Waals surface area (Å²) in [5.41, 5.74) is 5.06. The van der Waals surface area contributed by atoms with E-state index in [0.717, 1.165) is 0 Å². The van der Waals surface area contributed by atoms with E-state index in [-0.39, 0.29) is 5.56 Å². The number of rotatable bonds is 2. The van der Waals surface area contributed by atoms with Gasteiger partial charge in [-0.25, -0.2) is 4.39 Å². The van der Waals surface area contributed by atoms with Crippen LogP contribution in [0.15, 0.2) is 22.7 Å². The molecular weight excluding hydrogens is 249 g/mol. The molecule has 0 aliphatic rings.